The third-order valence-electron chi connectivity index (χ3n) is 11.8. The van der Waals surface area contributed by atoms with Gasteiger partial charge in [-0.1, -0.05) is 146 Å². The molecule has 8 aromatic carbocycles. The van der Waals surface area contributed by atoms with E-state index in [-0.39, 0.29) is 34.7 Å². The van der Waals surface area contributed by atoms with E-state index in [2.05, 4.69) is 53.1 Å². The first-order chi connectivity index (χ1) is 31.3. The van der Waals surface area contributed by atoms with Gasteiger partial charge in [0.05, 0.1) is 22.2 Å². The fourth-order valence-corrected chi connectivity index (χ4v) is 8.64. The Labute approximate surface area is 370 Å². The van der Waals surface area contributed by atoms with Crippen molar-refractivity contribution in [2.24, 2.45) is 0 Å². The van der Waals surface area contributed by atoms with Crippen molar-refractivity contribution < 1.29 is 26.3 Å². The maximum atomic E-state index is 15.1. The van der Waals surface area contributed by atoms with Crippen molar-refractivity contribution in [2.75, 3.05) is 0 Å². The standard InChI is InChI=1S/C55H36F6N4/c1-33-13-9-11-19-41(33)37-21-25-45-46-26-22-38(42-20-12-10-14-34(42)2)30-50(46)65(49(45)29-37)40-24-28-43(44-27-23-39(54(56,57)58)31-48(44)55(59,60)61)47(32-40)53-63-51(35-15-5-3-6-16-35)62-52(64-53)36-17-7-4-8-18-36/h3-32H,1-2H3. The van der Waals surface area contributed by atoms with Crippen molar-refractivity contribution in [1.29, 1.82) is 0 Å². The molecule has 0 aliphatic heterocycles. The molecule has 10 rings (SSSR count). The van der Waals surface area contributed by atoms with Crippen molar-refractivity contribution in [3.05, 3.63) is 204 Å². The molecule has 0 bridgehead atoms. The lowest BCUT2D eigenvalue weighted by molar-refractivity contribution is -0.142. The molecule has 0 saturated heterocycles. The van der Waals surface area contributed by atoms with Gasteiger partial charge in [-0.25, -0.2) is 15.0 Å². The molecule has 65 heavy (non-hydrogen) atoms. The Morgan fingerprint density at radius 2 is 0.846 bits per heavy atom. The van der Waals surface area contributed by atoms with E-state index in [9.17, 15) is 13.2 Å². The smallest absolute Gasteiger partial charge is 0.309 e. The molecule has 4 nitrogen and oxygen atoms in total. The van der Waals surface area contributed by atoms with E-state index in [0.29, 0.717) is 22.9 Å². The first kappa shape index (κ1) is 41.2. The van der Waals surface area contributed by atoms with Crippen LogP contribution >= 0.6 is 0 Å². The van der Waals surface area contributed by atoms with Crippen LogP contribution in [0, 0.1) is 13.8 Å². The van der Waals surface area contributed by atoms with Crippen LogP contribution in [0.4, 0.5) is 26.3 Å². The fourth-order valence-electron chi connectivity index (χ4n) is 8.64. The Balaban J connectivity index is 1.31. The monoisotopic (exact) mass is 866 g/mol. The van der Waals surface area contributed by atoms with E-state index >= 15 is 13.2 Å². The Morgan fingerprint density at radius 3 is 1.34 bits per heavy atom. The van der Waals surface area contributed by atoms with Gasteiger partial charge in [-0.15, -0.1) is 0 Å². The van der Waals surface area contributed by atoms with Crippen molar-refractivity contribution in [1.82, 2.24) is 19.5 Å². The molecular weight excluding hydrogens is 831 g/mol. The van der Waals surface area contributed by atoms with E-state index in [1.54, 1.807) is 12.1 Å². The topological polar surface area (TPSA) is 43.6 Å². The predicted molar refractivity (Wildman–Crippen MR) is 246 cm³/mol. The van der Waals surface area contributed by atoms with Gasteiger partial charge in [0.2, 0.25) is 0 Å². The van der Waals surface area contributed by atoms with Crippen molar-refractivity contribution in [3.8, 4) is 73.2 Å². The lowest BCUT2D eigenvalue weighted by Crippen LogP contribution is -2.12. The summed E-state index contributed by atoms with van der Waals surface area (Å²) >= 11 is 0. The molecule has 0 radical (unpaired) electrons. The van der Waals surface area contributed by atoms with Crippen LogP contribution in [0.5, 0.6) is 0 Å². The molecule has 2 aromatic heterocycles. The number of halogens is 6. The highest BCUT2D eigenvalue weighted by atomic mass is 19.4. The number of hydrogen-bond acceptors (Lipinski definition) is 3. The molecule has 0 atom stereocenters. The van der Waals surface area contributed by atoms with E-state index in [1.807, 2.05) is 111 Å². The Hall–Kier alpha value is -7.85. The van der Waals surface area contributed by atoms with Gasteiger partial charge in [-0.2, -0.15) is 26.3 Å². The summed E-state index contributed by atoms with van der Waals surface area (Å²) in [5.74, 6) is 0.554. The summed E-state index contributed by atoms with van der Waals surface area (Å²) in [6, 6.07) is 53.6. The molecule has 0 aliphatic carbocycles. The number of benzene rings is 8. The lowest BCUT2D eigenvalue weighted by Gasteiger charge is -2.20. The number of fused-ring (bicyclic) bond motifs is 3. The summed E-state index contributed by atoms with van der Waals surface area (Å²) in [7, 11) is 0. The fraction of sp³-hybridized carbons (Fsp3) is 0.0727. The largest absolute Gasteiger partial charge is 0.417 e. The molecule has 2 heterocycles. The summed E-state index contributed by atoms with van der Waals surface area (Å²) in [5, 5.41) is 1.89. The molecule has 0 saturated carbocycles. The zero-order chi connectivity index (χ0) is 45.0. The predicted octanol–water partition coefficient (Wildman–Crippen LogP) is 15.6. The van der Waals surface area contributed by atoms with Crippen LogP contribution in [0.2, 0.25) is 0 Å². The van der Waals surface area contributed by atoms with Crippen LogP contribution < -0.4 is 0 Å². The van der Waals surface area contributed by atoms with Gasteiger partial charge in [0.25, 0.3) is 0 Å². The lowest BCUT2D eigenvalue weighted by atomic mass is 9.92. The van der Waals surface area contributed by atoms with Gasteiger partial charge < -0.3 is 4.57 Å². The Bertz CT molecular complexity index is 3270. The zero-order valence-electron chi connectivity index (χ0n) is 34.9. The number of aryl methyl sites for hydroxylation is 2. The summed E-state index contributed by atoms with van der Waals surface area (Å²) < 4.78 is 89.4. The molecule has 0 aliphatic rings. The molecular formula is C55H36F6N4. The van der Waals surface area contributed by atoms with Crippen LogP contribution in [-0.2, 0) is 12.4 Å². The SMILES string of the molecule is Cc1ccccc1-c1ccc2c3ccc(-c4ccccc4C)cc3n(-c3ccc(-c4ccc(C(F)(F)F)cc4C(F)(F)F)c(-c4nc(-c5ccccc5)nc(-c5ccccc5)n4)c3)c2c1. The highest BCUT2D eigenvalue weighted by Gasteiger charge is 2.39. The average Bonchev–Trinajstić information content (AvgIpc) is 3.64. The molecule has 10 heteroatoms. The second kappa shape index (κ2) is 16.1. The summed E-state index contributed by atoms with van der Waals surface area (Å²) in [6.45, 7) is 4.10. The molecule has 0 fully saturated rings. The van der Waals surface area contributed by atoms with Gasteiger partial charge in [0.1, 0.15) is 0 Å². The maximum absolute atomic E-state index is 15.1. The third kappa shape index (κ3) is 7.71. The van der Waals surface area contributed by atoms with Crippen LogP contribution in [0.3, 0.4) is 0 Å². The number of nitrogens with zero attached hydrogens (tertiary/aromatic N) is 4. The van der Waals surface area contributed by atoms with Gasteiger partial charge in [0.15, 0.2) is 17.5 Å². The van der Waals surface area contributed by atoms with Crippen molar-refractivity contribution in [3.63, 3.8) is 0 Å². The molecule has 0 unspecified atom stereocenters. The summed E-state index contributed by atoms with van der Waals surface area (Å²) in [4.78, 5) is 14.6. The average molecular weight is 867 g/mol. The van der Waals surface area contributed by atoms with Gasteiger partial charge in [-0.3, -0.25) is 0 Å². The number of alkyl halides is 6. The molecule has 318 valence electrons. The molecule has 0 N–H and O–H groups in total. The van der Waals surface area contributed by atoms with E-state index in [0.717, 1.165) is 61.3 Å². The second-order valence-electron chi connectivity index (χ2n) is 16.0. The Morgan fingerprint density at radius 1 is 0.369 bits per heavy atom. The minimum atomic E-state index is -5.15. The van der Waals surface area contributed by atoms with E-state index in [1.165, 1.54) is 6.07 Å². The number of aromatic nitrogens is 4. The quantitative estimate of drug-likeness (QED) is 0.150. The third-order valence-corrected chi connectivity index (χ3v) is 11.8. The molecule has 10 aromatic rings. The first-order valence-corrected chi connectivity index (χ1v) is 20.8. The Kier molecular flexibility index (Phi) is 10.2. The summed E-state index contributed by atoms with van der Waals surface area (Å²) in [6.07, 6.45) is -10.2. The molecule has 0 spiro atoms. The van der Waals surface area contributed by atoms with E-state index < -0.39 is 29.0 Å². The van der Waals surface area contributed by atoms with Crippen molar-refractivity contribution in [2.45, 2.75) is 26.2 Å². The van der Waals surface area contributed by atoms with Gasteiger partial charge in [0, 0.05) is 33.2 Å². The van der Waals surface area contributed by atoms with Crippen LogP contribution in [0.15, 0.2) is 182 Å². The maximum Gasteiger partial charge on any atom is 0.417 e. The van der Waals surface area contributed by atoms with Crippen LogP contribution in [0.1, 0.15) is 22.3 Å². The summed E-state index contributed by atoms with van der Waals surface area (Å²) in [5.41, 5.74) is 6.49. The van der Waals surface area contributed by atoms with Gasteiger partial charge in [-0.05, 0) is 94.8 Å². The first-order valence-electron chi connectivity index (χ1n) is 20.8. The minimum absolute atomic E-state index is 0.0130. The molecule has 0 amide bonds. The second-order valence-corrected chi connectivity index (χ2v) is 16.0. The van der Waals surface area contributed by atoms with E-state index in [4.69, 9.17) is 15.0 Å². The number of hydrogen-bond donors (Lipinski definition) is 0. The minimum Gasteiger partial charge on any atom is -0.309 e. The van der Waals surface area contributed by atoms with Crippen molar-refractivity contribution >= 4 is 21.8 Å². The van der Waals surface area contributed by atoms with Crippen LogP contribution in [0.25, 0.3) is 95.0 Å². The van der Waals surface area contributed by atoms with Crippen LogP contribution in [-0.4, -0.2) is 19.5 Å². The van der Waals surface area contributed by atoms with Gasteiger partial charge >= 0.3 is 12.4 Å². The number of rotatable bonds is 7. The highest BCUT2D eigenvalue weighted by molar-refractivity contribution is 6.11. The normalized spacial score (nSPS) is 12.0. The highest BCUT2D eigenvalue weighted by Crippen LogP contribution is 2.45. The zero-order valence-corrected chi connectivity index (χ0v) is 34.9.